The summed E-state index contributed by atoms with van der Waals surface area (Å²) in [5.41, 5.74) is 4.50. The highest BCUT2D eigenvalue weighted by molar-refractivity contribution is 7.99. The van der Waals surface area contributed by atoms with E-state index < -0.39 is 0 Å². The van der Waals surface area contributed by atoms with Gasteiger partial charge in [0.1, 0.15) is 0 Å². The first-order valence-corrected chi connectivity index (χ1v) is 10.8. The Morgan fingerprint density at radius 1 is 1.00 bits per heavy atom. The van der Waals surface area contributed by atoms with E-state index in [0.29, 0.717) is 0 Å². The monoisotopic (exact) mass is 414 g/mol. The molecule has 0 spiro atoms. The Hall–Kier alpha value is -3.32. The van der Waals surface area contributed by atoms with Crippen molar-refractivity contribution in [1.29, 1.82) is 0 Å². The van der Waals surface area contributed by atoms with Gasteiger partial charge in [-0.2, -0.15) is 0 Å². The van der Waals surface area contributed by atoms with Crippen LogP contribution >= 0.6 is 11.8 Å². The highest BCUT2D eigenvalue weighted by atomic mass is 32.2. The van der Waals surface area contributed by atoms with E-state index in [1.165, 1.54) is 5.56 Å². The maximum absolute atomic E-state index is 4.59. The van der Waals surface area contributed by atoms with Crippen molar-refractivity contribution in [3.8, 4) is 11.4 Å². The molecule has 0 aliphatic rings. The first kappa shape index (κ1) is 18.7. The molecule has 5 rings (SSSR count). The number of benzene rings is 2. The summed E-state index contributed by atoms with van der Waals surface area (Å²) in [6, 6.07) is 16.8. The van der Waals surface area contributed by atoms with Crippen molar-refractivity contribution < 1.29 is 0 Å². The number of hydrogen-bond donors (Lipinski definition) is 2. The lowest BCUT2D eigenvalue weighted by Gasteiger charge is -2.10. The molecule has 2 N–H and O–H groups in total. The van der Waals surface area contributed by atoms with Crippen LogP contribution in [0.25, 0.3) is 22.3 Å². The number of aromatic nitrogens is 6. The fourth-order valence-electron chi connectivity index (χ4n) is 3.58. The van der Waals surface area contributed by atoms with E-state index in [1.807, 2.05) is 18.5 Å². The molecule has 0 radical (unpaired) electrons. The SMILES string of the molecule is Cc1ccc(Sc2nnc(-c3c[nH]c4ccccc34)n2CCCc2c[nH]cn2)cc1. The van der Waals surface area contributed by atoms with Gasteiger partial charge in [0.25, 0.3) is 0 Å². The Balaban J connectivity index is 1.49. The predicted molar refractivity (Wildman–Crippen MR) is 120 cm³/mol. The second kappa shape index (κ2) is 8.20. The van der Waals surface area contributed by atoms with Crippen LogP contribution in [0.3, 0.4) is 0 Å². The summed E-state index contributed by atoms with van der Waals surface area (Å²) < 4.78 is 2.23. The third kappa shape index (κ3) is 3.76. The molecule has 0 saturated carbocycles. The van der Waals surface area contributed by atoms with Gasteiger partial charge in [-0.25, -0.2) is 4.98 Å². The van der Waals surface area contributed by atoms with E-state index >= 15 is 0 Å². The molecule has 5 aromatic rings. The van der Waals surface area contributed by atoms with Gasteiger partial charge in [-0.05, 0) is 49.7 Å². The normalized spacial score (nSPS) is 11.4. The second-order valence-corrected chi connectivity index (χ2v) is 8.33. The molecule has 0 saturated heterocycles. The molecule has 0 aliphatic heterocycles. The Morgan fingerprint density at radius 3 is 2.70 bits per heavy atom. The zero-order chi connectivity index (χ0) is 20.3. The number of nitrogens with zero attached hydrogens (tertiary/aromatic N) is 4. The standard InChI is InChI=1S/C23H22N6S/c1-16-8-10-18(11-9-16)30-23-28-27-22(20-14-25-21-7-3-2-6-19(20)21)29(23)12-4-5-17-13-24-15-26-17/h2-3,6-11,13-15,25H,4-5,12H2,1H3,(H,24,26). The lowest BCUT2D eigenvalue weighted by Crippen LogP contribution is -2.04. The van der Waals surface area contributed by atoms with Gasteiger partial charge in [0.05, 0.1) is 12.0 Å². The minimum absolute atomic E-state index is 0.822. The van der Waals surface area contributed by atoms with Crippen LogP contribution in [0.5, 0.6) is 0 Å². The van der Waals surface area contributed by atoms with Gasteiger partial charge < -0.3 is 14.5 Å². The first-order valence-electron chi connectivity index (χ1n) is 10.00. The molecular formula is C23H22N6S. The predicted octanol–water partition coefficient (Wildman–Crippen LogP) is 5.24. The quantitative estimate of drug-likeness (QED) is 0.382. The summed E-state index contributed by atoms with van der Waals surface area (Å²) in [7, 11) is 0. The van der Waals surface area contributed by atoms with Crippen LogP contribution < -0.4 is 0 Å². The molecule has 0 bridgehead atoms. The van der Waals surface area contributed by atoms with Crippen LogP contribution in [0.15, 0.2) is 77.3 Å². The Kier molecular flexibility index (Phi) is 5.11. The number of para-hydroxylation sites is 1. The first-order chi connectivity index (χ1) is 14.8. The van der Waals surface area contributed by atoms with Gasteiger partial charge in [0.2, 0.25) is 0 Å². The van der Waals surface area contributed by atoms with Crippen LogP contribution in [0, 0.1) is 6.92 Å². The fraction of sp³-hybridized carbons (Fsp3) is 0.174. The van der Waals surface area contributed by atoms with Gasteiger partial charge in [0, 0.05) is 40.3 Å². The molecule has 3 aromatic heterocycles. The number of nitrogens with one attached hydrogen (secondary N) is 2. The fourth-order valence-corrected chi connectivity index (χ4v) is 4.43. The maximum Gasteiger partial charge on any atom is 0.196 e. The van der Waals surface area contributed by atoms with E-state index in [2.05, 4.69) is 79.1 Å². The summed E-state index contributed by atoms with van der Waals surface area (Å²) in [5.74, 6) is 0.893. The summed E-state index contributed by atoms with van der Waals surface area (Å²) in [5, 5.41) is 11.2. The van der Waals surface area contributed by atoms with Crippen LogP contribution in [0.1, 0.15) is 17.7 Å². The van der Waals surface area contributed by atoms with Gasteiger partial charge in [0.15, 0.2) is 11.0 Å². The molecule has 3 heterocycles. The van der Waals surface area contributed by atoms with Crippen molar-refractivity contribution >= 4 is 22.7 Å². The van der Waals surface area contributed by atoms with Crippen LogP contribution in [0.4, 0.5) is 0 Å². The van der Waals surface area contributed by atoms with E-state index in [0.717, 1.165) is 57.4 Å². The summed E-state index contributed by atoms with van der Waals surface area (Å²) >= 11 is 1.65. The number of imidazole rings is 1. The Labute approximate surface area is 178 Å². The zero-order valence-corrected chi connectivity index (χ0v) is 17.5. The molecule has 0 aliphatic carbocycles. The minimum Gasteiger partial charge on any atom is -0.360 e. The molecule has 2 aromatic carbocycles. The van der Waals surface area contributed by atoms with Crippen LogP contribution in [0.2, 0.25) is 0 Å². The lowest BCUT2D eigenvalue weighted by molar-refractivity contribution is 0.596. The van der Waals surface area contributed by atoms with E-state index in [4.69, 9.17) is 0 Å². The van der Waals surface area contributed by atoms with Crippen molar-refractivity contribution in [3.05, 3.63) is 78.5 Å². The lowest BCUT2D eigenvalue weighted by atomic mass is 10.1. The number of hydrogen-bond acceptors (Lipinski definition) is 4. The third-order valence-corrected chi connectivity index (χ3v) is 6.14. The number of fused-ring (bicyclic) bond motifs is 1. The highest BCUT2D eigenvalue weighted by Gasteiger charge is 2.18. The van der Waals surface area contributed by atoms with Crippen molar-refractivity contribution in [3.63, 3.8) is 0 Å². The third-order valence-electron chi connectivity index (χ3n) is 5.15. The Morgan fingerprint density at radius 2 is 1.87 bits per heavy atom. The van der Waals surface area contributed by atoms with E-state index in [-0.39, 0.29) is 0 Å². The zero-order valence-electron chi connectivity index (χ0n) is 16.7. The van der Waals surface area contributed by atoms with E-state index in [9.17, 15) is 0 Å². The van der Waals surface area contributed by atoms with Crippen LogP contribution in [-0.4, -0.2) is 29.7 Å². The molecule has 7 heteroatoms. The van der Waals surface area contributed by atoms with Crippen molar-refractivity contribution in [2.45, 2.75) is 36.4 Å². The van der Waals surface area contributed by atoms with Crippen molar-refractivity contribution in [1.82, 2.24) is 29.7 Å². The number of rotatable bonds is 7. The van der Waals surface area contributed by atoms with Crippen LogP contribution in [-0.2, 0) is 13.0 Å². The molecule has 0 atom stereocenters. The highest BCUT2D eigenvalue weighted by Crippen LogP contribution is 2.33. The smallest absolute Gasteiger partial charge is 0.196 e. The molecule has 0 unspecified atom stereocenters. The molecule has 0 fully saturated rings. The number of H-pyrrole nitrogens is 2. The maximum atomic E-state index is 4.59. The topological polar surface area (TPSA) is 75.2 Å². The average Bonchev–Trinajstić information content (AvgIpc) is 3.50. The summed E-state index contributed by atoms with van der Waals surface area (Å²) in [6.45, 7) is 2.92. The van der Waals surface area contributed by atoms with E-state index in [1.54, 1.807) is 18.1 Å². The minimum atomic E-state index is 0.822. The van der Waals surface area contributed by atoms with Crippen molar-refractivity contribution in [2.24, 2.45) is 0 Å². The van der Waals surface area contributed by atoms with Crippen molar-refractivity contribution in [2.75, 3.05) is 0 Å². The largest absolute Gasteiger partial charge is 0.360 e. The molecular weight excluding hydrogens is 392 g/mol. The van der Waals surface area contributed by atoms with Gasteiger partial charge >= 0.3 is 0 Å². The molecule has 150 valence electrons. The summed E-state index contributed by atoms with van der Waals surface area (Å²) in [4.78, 5) is 11.9. The number of aryl methyl sites for hydroxylation is 2. The molecule has 0 amide bonds. The average molecular weight is 415 g/mol. The Bertz CT molecular complexity index is 1250. The number of aromatic amines is 2. The second-order valence-electron chi connectivity index (χ2n) is 7.28. The summed E-state index contributed by atoms with van der Waals surface area (Å²) in [6.07, 6.45) is 7.57. The van der Waals surface area contributed by atoms with Gasteiger partial charge in [-0.15, -0.1) is 10.2 Å². The molecule has 30 heavy (non-hydrogen) atoms. The molecule has 6 nitrogen and oxygen atoms in total. The van der Waals surface area contributed by atoms with Gasteiger partial charge in [-0.3, -0.25) is 0 Å². The van der Waals surface area contributed by atoms with Gasteiger partial charge in [-0.1, -0.05) is 35.9 Å².